The Bertz CT molecular complexity index is 1270. The van der Waals surface area contributed by atoms with E-state index in [9.17, 15) is 0 Å². The Morgan fingerprint density at radius 3 is 2.29 bits per heavy atom. The van der Waals surface area contributed by atoms with E-state index < -0.39 is 0 Å². The molecule has 5 rings (SSSR count). The number of nitrogens with two attached hydrogens (primary N) is 1. The van der Waals surface area contributed by atoms with E-state index in [0.717, 1.165) is 12.2 Å². The molecule has 0 unspecified atom stereocenters. The Morgan fingerprint density at radius 2 is 1.50 bits per heavy atom. The molecule has 0 spiro atoms. The first-order chi connectivity index (χ1) is 13.8. The van der Waals surface area contributed by atoms with E-state index in [2.05, 4.69) is 60.7 Å². The van der Waals surface area contributed by atoms with Crippen molar-refractivity contribution in [3.8, 4) is 5.75 Å². The fourth-order valence-corrected chi connectivity index (χ4v) is 4.48. The number of ether oxygens (including phenoxy) is 1. The Labute approximate surface area is 164 Å². The molecule has 0 aliphatic carbocycles. The SMILES string of the molecule is CCOc1ccccc1Cc1cc2ccc3cccc4ccc(c1CN)c2c34. The van der Waals surface area contributed by atoms with Gasteiger partial charge in [-0.2, -0.15) is 0 Å². The van der Waals surface area contributed by atoms with Crippen molar-refractivity contribution in [2.75, 3.05) is 6.61 Å². The van der Waals surface area contributed by atoms with Crippen LogP contribution in [0.5, 0.6) is 5.75 Å². The number of rotatable bonds is 5. The molecule has 0 saturated heterocycles. The van der Waals surface area contributed by atoms with Gasteiger partial charge in [0.2, 0.25) is 0 Å². The second-order valence-corrected chi connectivity index (χ2v) is 7.29. The summed E-state index contributed by atoms with van der Waals surface area (Å²) in [7, 11) is 0. The Balaban J connectivity index is 1.76. The van der Waals surface area contributed by atoms with Crippen LogP contribution in [0.3, 0.4) is 0 Å². The van der Waals surface area contributed by atoms with Gasteiger partial charge in [-0.3, -0.25) is 0 Å². The summed E-state index contributed by atoms with van der Waals surface area (Å²) in [5.41, 5.74) is 9.98. The highest BCUT2D eigenvalue weighted by molar-refractivity contribution is 6.23. The van der Waals surface area contributed by atoms with Gasteiger partial charge >= 0.3 is 0 Å². The summed E-state index contributed by atoms with van der Waals surface area (Å²) in [5.74, 6) is 0.957. The van der Waals surface area contributed by atoms with Gasteiger partial charge in [-0.15, -0.1) is 0 Å². The lowest BCUT2D eigenvalue weighted by Gasteiger charge is -2.18. The van der Waals surface area contributed by atoms with E-state index in [1.54, 1.807) is 0 Å². The van der Waals surface area contributed by atoms with Gasteiger partial charge in [-0.05, 0) is 62.0 Å². The van der Waals surface area contributed by atoms with E-state index in [0.29, 0.717) is 13.2 Å². The molecule has 0 atom stereocenters. The van der Waals surface area contributed by atoms with Gasteiger partial charge in [-0.1, -0.05) is 66.7 Å². The third kappa shape index (κ3) is 2.61. The first-order valence-corrected chi connectivity index (χ1v) is 9.89. The van der Waals surface area contributed by atoms with E-state index in [1.807, 2.05) is 19.1 Å². The number of benzene rings is 5. The van der Waals surface area contributed by atoms with Crippen molar-refractivity contribution in [1.29, 1.82) is 0 Å². The standard InChI is InChI=1S/C26H23NO/c1-2-28-24-9-4-3-6-19(24)14-21-15-20-11-10-17-7-5-8-18-12-13-22(23(21)16-27)26(20)25(17)18/h3-13,15H,2,14,16,27H2,1H3. The Hall–Kier alpha value is -3.10. The molecular weight excluding hydrogens is 342 g/mol. The highest BCUT2D eigenvalue weighted by atomic mass is 16.5. The van der Waals surface area contributed by atoms with Gasteiger partial charge in [0.05, 0.1) is 6.61 Å². The van der Waals surface area contributed by atoms with Gasteiger partial charge in [0, 0.05) is 13.0 Å². The molecule has 0 aliphatic rings. The van der Waals surface area contributed by atoms with Gasteiger partial charge in [0.15, 0.2) is 0 Å². The normalized spacial score (nSPS) is 11.6. The number of hydrogen-bond acceptors (Lipinski definition) is 2. The molecule has 0 aromatic heterocycles. The molecule has 0 radical (unpaired) electrons. The quantitative estimate of drug-likeness (QED) is 0.386. The smallest absolute Gasteiger partial charge is 0.122 e. The second-order valence-electron chi connectivity index (χ2n) is 7.29. The highest BCUT2D eigenvalue weighted by Crippen LogP contribution is 2.38. The van der Waals surface area contributed by atoms with Crippen LogP contribution in [0.25, 0.3) is 32.3 Å². The largest absolute Gasteiger partial charge is 0.494 e. The van der Waals surface area contributed by atoms with Crippen LogP contribution in [-0.2, 0) is 13.0 Å². The van der Waals surface area contributed by atoms with Crippen molar-refractivity contribution in [3.05, 3.63) is 89.5 Å². The predicted octanol–water partition coefficient (Wildman–Crippen LogP) is 6.03. The lowest BCUT2D eigenvalue weighted by atomic mass is 9.87. The zero-order chi connectivity index (χ0) is 19.1. The molecule has 0 amide bonds. The summed E-state index contributed by atoms with van der Waals surface area (Å²) in [6.45, 7) is 3.22. The van der Waals surface area contributed by atoms with Gasteiger partial charge < -0.3 is 10.5 Å². The molecule has 2 heteroatoms. The average Bonchev–Trinajstić information content (AvgIpc) is 2.73. The van der Waals surface area contributed by atoms with Gasteiger partial charge in [0.1, 0.15) is 5.75 Å². The van der Waals surface area contributed by atoms with E-state index in [-0.39, 0.29) is 0 Å². The van der Waals surface area contributed by atoms with Crippen molar-refractivity contribution in [2.24, 2.45) is 5.73 Å². The third-order valence-electron chi connectivity index (χ3n) is 5.71. The summed E-state index contributed by atoms with van der Waals surface area (Å²) >= 11 is 0. The summed E-state index contributed by atoms with van der Waals surface area (Å²) in [6, 6.07) is 26.1. The maximum absolute atomic E-state index is 6.27. The molecule has 5 aromatic rings. The summed E-state index contributed by atoms with van der Waals surface area (Å²) in [4.78, 5) is 0. The van der Waals surface area contributed by atoms with Gasteiger partial charge in [-0.25, -0.2) is 0 Å². The predicted molar refractivity (Wildman–Crippen MR) is 118 cm³/mol. The minimum atomic E-state index is 0.528. The summed E-state index contributed by atoms with van der Waals surface area (Å²) in [6.07, 6.45) is 0.819. The van der Waals surface area contributed by atoms with Crippen LogP contribution in [0, 0.1) is 0 Å². The van der Waals surface area contributed by atoms with Crippen LogP contribution in [0.2, 0.25) is 0 Å². The Kier molecular flexibility index (Phi) is 4.14. The zero-order valence-corrected chi connectivity index (χ0v) is 16.0. The zero-order valence-electron chi connectivity index (χ0n) is 16.0. The van der Waals surface area contributed by atoms with Crippen LogP contribution in [-0.4, -0.2) is 6.61 Å². The van der Waals surface area contributed by atoms with E-state index in [1.165, 1.54) is 49.0 Å². The maximum Gasteiger partial charge on any atom is 0.122 e. The lowest BCUT2D eigenvalue weighted by molar-refractivity contribution is 0.337. The Morgan fingerprint density at radius 1 is 0.750 bits per heavy atom. The first kappa shape index (κ1) is 17.0. The van der Waals surface area contributed by atoms with Crippen molar-refractivity contribution < 1.29 is 4.74 Å². The first-order valence-electron chi connectivity index (χ1n) is 9.89. The van der Waals surface area contributed by atoms with Crippen molar-refractivity contribution in [3.63, 3.8) is 0 Å². The topological polar surface area (TPSA) is 35.2 Å². The van der Waals surface area contributed by atoms with E-state index in [4.69, 9.17) is 10.5 Å². The van der Waals surface area contributed by atoms with Crippen LogP contribution in [0.15, 0.2) is 72.8 Å². The molecule has 2 nitrogen and oxygen atoms in total. The molecule has 138 valence electrons. The molecule has 2 N–H and O–H groups in total. The molecule has 0 bridgehead atoms. The average molecular weight is 365 g/mol. The third-order valence-corrected chi connectivity index (χ3v) is 5.71. The molecule has 0 fully saturated rings. The van der Waals surface area contributed by atoms with Crippen molar-refractivity contribution in [2.45, 2.75) is 19.9 Å². The minimum Gasteiger partial charge on any atom is -0.494 e. The van der Waals surface area contributed by atoms with Crippen molar-refractivity contribution >= 4 is 32.3 Å². The highest BCUT2D eigenvalue weighted by Gasteiger charge is 2.15. The molecule has 28 heavy (non-hydrogen) atoms. The minimum absolute atomic E-state index is 0.528. The fourth-order valence-electron chi connectivity index (χ4n) is 4.48. The summed E-state index contributed by atoms with van der Waals surface area (Å²) < 4.78 is 5.85. The monoisotopic (exact) mass is 365 g/mol. The second kappa shape index (κ2) is 6.81. The molecule has 0 heterocycles. The molecule has 0 aliphatic heterocycles. The van der Waals surface area contributed by atoms with Crippen LogP contribution in [0.1, 0.15) is 23.6 Å². The number of hydrogen-bond donors (Lipinski definition) is 1. The molecule has 5 aromatic carbocycles. The van der Waals surface area contributed by atoms with Gasteiger partial charge in [0.25, 0.3) is 0 Å². The fraction of sp³-hybridized carbons (Fsp3) is 0.154. The molecule has 0 saturated carbocycles. The number of para-hydroxylation sites is 1. The van der Waals surface area contributed by atoms with E-state index >= 15 is 0 Å². The van der Waals surface area contributed by atoms with Crippen LogP contribution < -0.4 is 10.5 Å². The van der Waals surface area contributed by atoms with Crippen LogP contribution >= 0.6 is 0 Å². The summed E-state index contributed by atoms with van der Waals surface area (Å²) in [5, 5.41) is 7.79. The molecular formula is C26H23NO. The lowest BCUT2D eigenvalue weighted by Crippen LogP contribution is -2.05. The van der Waals surface area contributed by atoms with Crippen LogP contribution in [0.4, 0.5) is 0 Å². The van der Waals surface area contributed by atoms with Crippen molar-refractivity contribution in [1.82, 2.24) is 0 Å². The maximum atomic E-state index is 6.27.